The van der Waals surface area contributed by atoms with Crippen molar-refractivity contribution in [3.8, 4) is 0 Å². The number of hydrogen-bond donors (Lipinski definition) is 1. The molecule has 6 atom stereocenters. The fraction of sp³-hybridized carbons (Fsp3) is 0.667. The van der Waals surface area contributed by atoms with Crippen LogP contribution in [0.25, 0.3) is 0 Å². The molecular weight excluding hydrogens is 346 g/mol. The van der Waals surface area contributed by atoms with Crippen molar-refractivity contribution in [2.45, 2.75) is 75.5 Å². The van der Waals surface area contributed by atoms with Crippen LogP contribution < -0.4 is 0 Å². The minimum absolute atomic E-state index is 0.0197. The van der Waals surface area contributed by atoms with Gasteiger partial charge in [0, 0.05) is 10.3 Å². The van der Waals surface area contributed by atoms with Crippen molar-refractivity contribution in [1.82, 2.24) is 4.90 Å². The van der Waals surface area contributed by atoms with Crippen LogP contribution in [0.3, 0.4) is 0 Å². The van der Waals surface area contributed by atoms with Gasteiger partial charge in [-0.15, -0.1) is 0 Å². The molecule has 1 heterocycles. The third-order valence-corrected chi connectivity index (χ3v) is 8.83. The highest BCUT2D eigenvalue weighted by atomic mass is 32.2. The van der Waals surface area contributed by atoms with E-state index in [1.54, 1.807) is 11.8 Å². The Balaban J connectivity index is 1.69. The molecule has 1 saturated heterocycles. The van der Waals surface area contributed by atoms with Crippen LogP contribution in [0.4, 0.5) is 4.79 Å². The summed E-state index contributed by atoms with van der Waals surface area (Å²) in [6, 6.07) is 10.1. The van der Waals surface area contributed by atoms with Gasteiger partial charge in [0.15, 0.2) is 0 Å². The molecule has 3 aliphatic rings. The number of nitrogens with zero attached hydrogens (tertiary/aromatic N) is 1. The first-order chi connectivity index (χ1) is 12.3. The molecule has 0 aromatic heterocycles. The van der Waals surface area contributed by atoms with E-state index in [1.807, 2.05) is 42.2 Å². The molecule has 2 bridgehead atoms. The maximum atomic E-state index is 12.9. The molecule has 2 aliphatic carbocycles. The Bertz CT molecular complexity index is 694. The minimum Gasteiger partial charge on any atom is -0.443 e. The Morgan fingerprint density at radius 1 is 1.31 bits per heavy atom. The third-order valence-electron chi connectivity index (χ3n) is 7.51. The maximum Gasteiger partial charge on any atom is 0.411 e. The van der Waals surface area contributed by atoms with Gasteiger partial charge in [-0.1, -0.05) is 57.7 Å². The summed E-state index contributed by atoms with van der Waals surface area (Å²) in [6.45, 7) is 8.90. The number of hydrogen-bond acceptors (Lipinski definition) is 4. The second kappa shape index (κ2) is 6.16. The smallest absolute Gasteiger partial charge is 0.411 e. The molecule has 1 aromatic rings. The van der Waals surface area contributed by atoms with Crippen LogP contribution in [0.2, 0.25) is 0 Å². The van der Waals surface area contributed by atoms with Crippen molar-refractivity contribution in [3.05, 3.63) is 30.3 Å². The number of rotatable bonds is 5. The lowest BCUT2D eigenvalue weighted by Crippen LogP contribution is -2.50. The summed E-state index contributed by atoms with van der Waals surface area (Å²) in [7, 11) is 0. The van der Waals surface area contributed by atoms with Crippen LogP contribution in [0.15, 0.2) is 35.2 Å². The van der Waals surface area contributed by atoms with Crippen LogP contribution in [-0.4, -0.2) is 39.7 Å². The Morgan fingerprint density at radius 3 is 2.65 bits per heavy atom. The number of aliphatic hydroxyl groups is 1. The Labute approximate surface area is 160 Å². The molecule has 4 rings (SSSR count). The van der Waals surface area contributed by atoms with Gasteiger partial charge >= 0.3 is 6.09 Å². The number of fused-ring (bicyclic) bond motifs is 5. The van der Waals surface area contributed by atoms with E-state index >= 15 is 0 Å². The van der Waals surface area contributed by atoms with Gasteiger partial charge < -0.3 is 9.84 Å². The van der Waals surface area contributed by atoms with Crippen LogP contribution in [0, 0.1) is 16.7 Å². The summed E-state index contributed by atoms with van der Waals surface area (Å²) in [4.78, 5) is 15.8. The van der Waals surface area contributed by atoms with Crippen molar-refractivity contribution < 1.29 is 14.6 Å². The van der Waals surface area contributed by atoms with Crippen LogP contribution in [-0.2, 0) is 4.74 Å². The fourth-order valence-electron chi connectivity index (χ4n) is 5.52. The van der Waals surface area contributed by atoms with Crippen LogP contribution in [0.1, 0.15) is 47.0 Å². The summed E-state index contributed by atoms with van der Waals surface area (Å²) in [5.74, 6) is 0.423. The molecule has 0 spiro atoms. The number of amides is 1. The lowest BCUT2D eigenvalue weighted by Gasteiger charge is -2.37. The monoisotopic (exact) mass is 375 g/mol. The van der Waals surface area contributed by atoms with E-state index < -0.39 is 6.10 Å². The molecule has 3 fully saturated rings. The molecular formula is C21H29NO3S. The quantitative estimate of drug-likeness (QED) is 0.769. The predicted octanol–water partition coefficient (Wildman–Crippen LogP) is 4.52. The average molecular weight is 376 g/mol. The number of aliphatic hydroxyl groups excluding tert-OH is 1. The van der Waals surface area contributed by atoms with E-state index in [4.69, 9.17) is 4.74 Å². The summed E-state index contributed by atoms with van der Waals surface area (Å²) in [5, 5.41) is 10.5. The van der Waals surface area contributed by atoms with Gasteiger partial charge in [0.1, 0.15) is 11.5 Å². The van der Waals surface area contributed by atoms with E-state index in [2.05, 4.69) is 20.8 Å². The zero-order valence-electron chi connectivity index (χ0n) is 16.0. The zero-order chi connectivity index (χ0) is 18.7. The van der Waals surface area contributed by atoms with E-state index in [1.165, 1.54) is 0 Å². The lowest BCUT2D eigenvalue weighted by molar-refractivity contribution is 0.0142. The van der Waals surface area contributed by atoms with Crippen molar-refractivity contribution in [2.75, 3.05) is 0 Å². The predicted molar refractivity (Wildman–Crippen MR) is 103 cm³/mol. The van der Waals surface area contributed by atoms with E-state index in [0.717, 1.165) is 17.7 Å². The van der Waals surface area contributed by atoms with E-state index in [9.17, 15) is 9.90 Å². The minimum atomic E-state index is -0.582. The molecule has 4 nitrogen and oxygen atoms in total. The molecule has 142 valence electrons. The van der Waals surface area contributed by atoms with Gasteiger partial charge in [-0.2, -0.15) is 0 Å². The summed E-state index contributed by atoms with van der Waals surface area (Å²) < 4.78 is 5.95. The number of benzene rings is 1. The Hall–Kier alpha value is -1.20. The highest BCUT2D eigenvalue weighted by molar-refractivity contribution is 8.00. The highest BCUT2D eigenvalue weighted by Crippen LogP contribution is 2.69. The van der Waals surface area contributed by atoms with Crippen molar-refractivity contribution in [1.29, 1.82) is 0 Å². The first kappa shape index (κ1) is 18.2. The molecule has 5 heteroatoms. The topological polar surface area (TPSA) is 49.8 Å². The Kier molecular flexibility index (Phi) is 4.31. The van der Waals surface area contributed by atoms with Gasteiger partial charge in [0.05, 0.1) is 12.1 Å². The standard InChI is InChI=1S/C21H29NO3S/c1-5-15(23)18(26-13-9-7-6-8-10-13)22-16-14-11-12-21(4,20(14,2)3)17(16)25-19(22)24/h6-10,14-18,23H,5,11-12H2,1-4H3/t14-,15-,16-,17-,18-,21+/m1/s1. The van der Waals surface area contributed by atoms with Crippen molar-refractivity contribution in [3.63, 3.8) is 0 Å². The van der Waals surface area contributed by atoms with Gasteiger partial charge in [0.25, 0.3) is 0 Å². The number of carbonyl (C=O) groups excluding carboxylic acids is 1. The number of thioether (sulfide) groups is 1. The third kappa shape index (κ3) is 2.36. The first-order valence-electron chi connectivity index (χ1n) is 9.70. The molecule has 1 amide bonds. The summed E-state index contributed by atoms with van der Waals surface area (Å²) in [6.07, 6.45) is 1.95. The van der Waals surface area contributed by atoms with Gasteiger partial charge in [-0.25, -0.2) is 4.79 Å². The normalized spacial score (nSPS) is 36.7. The highest BCUT2D eigenvalue weighted by Gasteiger charge is 2.72. The van der Waals surface area contributed by atoms with E-state index in [0.29, 0.717) is 12.3 Å². The van der Waals surface area contributed by atoms with Crippen LogP contribution in [0.5, 0.6) is 0 Å². The lowest BCUT2D eigenvalue weighted by atomic mass is 9.70. The van der Waals surface area contributed by atoms with Crippen molar-refractivity contribution in [2.24, 2.45) is 16.7 Å². The van der Waals surface area contributed by atoms with Crippen molar-refractivity contribution >= 4 is 17.9 Å². The SMILES string of the molecule is CC[C@@H](O)[C@@H](Sc1ccccc1)N1C(=O)O[C@@H]2[C@H]1[C@H]1CC[C@]2(C)C1(C)C. The molecule has 0 unspecified atom stereocenters. The molecule has 1 N–H and O–H groups in total. The van der Waals surface area contributed by atoms with Gasteiger partial charge in [-0.05, 0) is 42.7 Å². The number of ether oxygens (including phenoxy) is 1. The molecule has 2 saturated carbocycles. The second-order valence-electron chi connectivity index (χ2n) is 8.78. The molecule has 1 aromatic carbocycles. The molecule has 0 radical (unpaired) electrons. The molecule has 26 heavy (non-hydrogen) atoms. The maximum absolute atomic E-state index is 12.9. The molecule has 1 aliphatic heterocycles. The zero-order valence-corrected chi connectivity index (χ0v) is 16.8. The van der Waals surface area contributed by atoms with E-state index in [-0.39, 0.29) is 34.4 Å². The largest absolute Gasteiger partial charge is 0.443 e. The number of carbonyl (C=O) groups is 1. The van der Waals surface area contributed by atoms with Gasteiger partial charge in [-0.3, -0.25) is 4.90 Å². The Morgan fingerprint density at radius 2 is 2.00 bits per heavy atom. The summed E-state index contributed by atoms with van der Waals surface area (Å²) in [5.41, 5.74) is 0.159. The first-order valence-corrected chi connectivity index (χ1v) is 10.6. The second-order valence-corrected chi connectivity index (χ2v) is 9.97. The average Bonchev–Trinajstić information content (AvgIpc) is 3.13. The summed E-state index contributed by atoms with van der Waals surface area (Å²) >= 11 is 1.57. The van der Waals surface area contributed by atoms with Gasteiger partial charge in [0.2, 0.25) is 0 Å². The fourth-order valence-corrected chi connectivity index (χ4v) is 6.80. The van der Waals surface area contributed by atoms with Crippen LogP contribution >= 0.6 is 11.8 Å².